The minimum absolute atomic E-state index is 0.0537. The fraction of sp³-hybridized carbons (Fsp3) is 0.333. The number of carboxylic acid groups (broad SMARTS) is 1. The van der Waals surface area contributed by atoms with Crippen LogP contribution in [-0.4, -0.2) is 48.9 Å². The van der Waals surface area contributed by atoms with Crippen LogP contribution in [0.25, 0.3) is 11.4 Å². The molecule has 3 N–H and O–H groups in total. The SMILES string of the molecule is O=C(CCCc1nc(-c2ccncc2)no1)Nc1cnn2c1NCCC2.O=CO. The zero-order valence-electron chi connectivity index (χ0n) is 15.6. The van der Waals surface area contributed by atoms with Crippen molar-refractivity contribution in [3.8, 4) is 11.4 Å². The Bertz CT molecular complexity index is 939. The monoisotopic (exact) mass is 399 g/mol. The fourth-order valence-corrected chi connectivity index (χ4v) is 2.86. The molecule has 0 radical (unpaired) electrons. The smallest absolute Gasteiger partial charge is 0.290 e. The van der Waals surface area contributed by atoms with Gasteiger partial charge in [0.25, 0.3) is 6.47 Å². The van der Waals surface area contributed by atoms with Gasteiger partial charge in [-0.2, -0.15) is 10.1 Å². The van der Waals surface area contributed by atoms with Gasteiger partial charge in [0.1, 0.15) is 11.5 Å². The van der Waals surface area contributed by atoms with Gasteiger partial charge in [0.15, 0.2) is 0 Å². The van der Waals surface area contributed by atoms with E-state index in [1.807, 2.05) is 16.8 Å². The number of fused-ring (bicyclic) bond motifs is 1. The number of rotatable bonds is 6. The second kappa shape index (κ2) is 9.97. The predicted molar refractivity (Wildman–Crippen MR) is 103 cm³/mol. The largest absolute Gasteiger partial charge is 0.483 e. The van der Waals surface area contributed by atoms with Gasteiger partial charge >= 0.3 is 0 Å². The molecule has 0 saturated heterocycles. The van der Waals surface area contributed by atoms with E-state index in [-0.39, 0.29) is 12.4 Å². The van der Waals surface area contributed by atoms with E-state index in [2.05, 4.69) is 30.9 Å². The number of nitrogens with zero attached hydrogens (tertiary/aromatic N) is 5. The number of anilines is 2. The maximum atomic E-state index is 12.2. The van der Waals surface area contributed by atoms with Crippen molar-refractivity contribution in [2.45, 2.75) is 32.2 Å². The Hall–Kier alpha value is -3.76. The summed E-state index contributed by atoms with van der Waals surface area (Å²) >= 11 is 0. The lowest BCUT2D eigenvalue weighted by atomic mass is 10.2. The molecular formula is C18H21N7O4. The summed E-state index contributed by atoms with van der Waals surface area (Å²) < 4.78 is 7.12. The predicted octanol–water partition coefficient (Wildman–Crippen LogP) is 1.81. The molecule has 0 aromatic carbocycles. The zero-order chi connectivity index (χ0) is 20.5. The summed E-state index contributed by atoms with van der Waals surface area (Å²) in [6.07, 6.45) is 7.63. The highest BCUT2D eigenvalue weighted by Gasteiger charge is 2.16. The number of pyridine rings is 1. The molecule has 152 valence electrons. The molecule has 29 heavy (non-hydrogen) atoms. The van der Waals surface area contributed by atoms with Crippen molar-refractivity contribution in [3.05, 3.63) is 36.6 Å². The highest BCUT2D eigenvalue weighted by atomic mass is 16.5. The van der Waals surface area contributed by atoms with Crippen molar-refractivity contribution < 1.29 is 19.2 Å². The summed E-state index contributed by atoms with van der Waals surface area (Å²) in [4.78, 5) is 28.8. The number of carbonyl (C=O) groups is 2. The van der Waals surface area contributed by atoms with Crippen molar-refractivity contribution in [3.63, 3.8) is 0 Å². The van der Waals surface area contributed by atoms with Crippen molar-refractivity contribution in [1.82, 2.24) is 24.9 Å². The molecule has 4 heterocycles. The topological polar surface area (TPSA) is 148 Å². The number of hydrogen-bond donors (Lipinski definition) is 3. The average molecular weight is 399 g/mol. The number of aromatic nitrogens is 5. The minimum atomic E-state index is -0.250. The maximum absolute atomic E-state index is 12.2. The first-order valence-electron chi connectivity index (χ1n) is 9.11. The quantitative estimate of drug-likeness (QED) is 0.528. The maximum Gasteiger partial charge on any atom is 0.290 e. The van der Waals surface area contributed by atoms with Crippen LogP contribution in [0.15, 0.2) is 35.2 Å². The fourth-order valence-electron chi connectivity index (χ4n) is 2.86. The van der Waals surface area contributed by atoms with Crippen LogP contribution in [-0.2, 0) is 22.6 Å². The Morgan fingerprint density at radius 1 is 1.38 bits per heavy atom. The van der Waals surface area contributed by atoms with E-state index in [0.717, 1.165) is 36.6 Å². The van der Waals surface area contributed by atoms with Gasteiger partial charge < -0.3 is 20.3 Å². The molecule has 11 heteroatoms. The van der Waals surface area contributed by atoms with Crippen LogP contribution >= 0.6 is 0 Å². The molecule has 3 aromatic heterocycles. The van der Waals surface area contributed by atoms with Gasteiger partial charge in [0.05, 0.1) is 6.20 Å². The van der Waals surface area contributed by atoms with Crippen LogP contribution in [0, 0.1) is 0 Å². The molecule has 0 atom stereocenters. The number of aryl methyl sites for hydroxylation is 2. The highest BCUT2D eigenvalue weighted by molar-refractivity contribution is 5.93. The van der Waals surface area contributed by atoms with E-state index in [4.69, 9.17) is 14.4 Å². The standard InChI is InChI=1S/C17H19N7O2.CH2O2/c25-14(21-13-11-20-24-10-2-7-19-17(13)24)3-1-4-15-22-16(23-26-15)12-5-8-18-9-6-12;2-1-3/h5-6,8-9,11,19H,1-4,7,10H2,(H,21,25);1H,(H,2,3). The van der Waals surface area contributed by atoms with Crippen LogP contribution in [0.5, 0.6) is 0 Å². The van der Waals surface area contributed by atoms with E-state index in [0.29, 0.717) is 31.0 Å². The highest BCUT2D eigenvalue weighted by Crippen LogP contribution is 2.24. The summed E-state index contributed by atoms with van der Waals surface area (Å²) in [5.41, 5.74) is 1.58. The molecule has 0 fully saturated rings. The number of hydrogen-bond acceptors (Lipinski definition) is 8. The summed E-state index contributed by atoms with van der Waals surface area (Å²) in [5.74, 6) is 1.88. The molecule has 0 aliphatic carbocycles. The third-order valence-electron chi connectivity index (χ3n) is 4.15. The van der Waals surface area contributed by atoms with E-state index < -0.39 is 0 Å². The Kier molecular flexibility index (Phi) is 6.87. The van der Waals surface area contributed by atoms with Crippen LogP contribution in [0.3, 0.4) is 0 Å². The molecule has 1 aliphatic rings. The van der Waals surface area contributed by atoms with E-state index in [1.165, 1.54) is 0 Å². The Morgan fingerprint density at radius 3 is 2.97 bits per heavy atom. The minimum Gasteiger partial charge on any atom is -0.483 e. The van der Waals surface area contributed by atoms with Gasteiger partial charge in [0.2, 0.25) is 17.6 Å². The van der Waals surface area contributed by atoms with Crippen LogP contribution < -0.4 is 10.6 Å². The Balaban J connectivity index is 0.000000755. The van der Waals surface area contributed by atoms with Gasteiger partial charge in [-0.3, -0.25) is 14.6 Å². The van der Waals surface area contributed by atoms with Gasteiger partial charge in [0, 0.05) is 43.9 Å². The van der Waals surface area contributed by atoms with E-state index in [1.54, 1.807) is 18.6 Å². The van der Waals surface area contributed by atoms with Gasteiger partial charge in [-0.25, -0.2) is 4.68 Å². The summed E-state index contributed by atoms with van der Waals surface area (Å²) in [5, 5.41) is 21.3. The summed E-state index contributed by atoms with van der Waals surface area (Å²) in [6, 6.07) is 3.64. The van der Waals surface area contributed by atoms with Gasteiger partial charge in [-0.1, -0.05) is 5.16 Å². The van der Waals surface area contributed by atoms with E-state index >= 15 is 0 Å². The molecule has 0 unspecified atom stereocenters. The molecule has 11 nitrogen and oxygen atoms in total. The summed E-state index contributed by atoms with van der Waals surface area (Å²) in [7, 11) is 0. The number of nitrogens with one attached hydrogen (secondary N) is 2. The van der Waals surface area contributed by atoms with Crippen molar-refractivity contribution in [1.29, 1.82) is 0 Å². The zero-order valence-corrected chi connectivity index (χ0v) is 15.6. The Labute approximate surface area is 166 Å². The lowest BCUT2D eigenvalue weighted by molar-refractivity contribution is -0.123. The normalized spacial score (nSPS) is 12.1. The molecule has 0 bridgehead atoms. The second-order valence-electron chi connectivity index (χ2n) is 6.17. The molecule has 0 saturated carbocycles. The first-order valence-corrected chi connectivity index (χ1v) is 9.11. The van der Waals surface area contributed by atoms with Crippen LogP contribution in [0.2, 0.25) is 0 Å². The van der Waals surface area contributed by atoms with Crippen LogP contribution in [0.4, 0.5) is 11.5 Å². The molecule has 1 amide bonds. The Morgan fingerprint density at radius 2 is 2.17 bits per heavy atom. The lowest BCUT2D eigenvalue weighted by Crippen LogP contribution is -2.19. The molecule has 4 rings (SSSR count). The molecule has 1 aliphatic heterocycles. The molecule has 3 aromatic rings. The van der Waals surface area contributed by atoms with E-state index in [9.17, 15) is 4.79 Å². The first-order chi connectivity index (χ1) is 14.2. The van der Waals surface area contributed by atoms with Crippen molar-refractivity contribution in [2.24, 2.45) is 0 Å². The first kappa shape index (κ1) is 20.0. The number of carbonyl (C=O) groups excluding carboxylic acids is 1. The summed E-state index contributed by atoms with van der Waals surface area (Å²) in [6.45, 7) is 1.51. The molecule has 0 spiro atoms. The molecular weight excluding hydrogens is 378 g/mol. The second-order valence-corrected chi connectivity index (χ2v) is 6.17. The third-order valence-corrected chi connectivity index (χ3v) is 4.15. The third kappa shape index (κ3) is 5.37. The van der Waals surface area contributed by atoms with Gasteiger partial charge in [-0.05, 0) is 25.0 Å². The lowest BCUT2D eigenvalue weighted by Gasteiger charge is -2.17. The average Bonchev–Trinajstić information content (AvgIpc) is 3.37. The van der Waals surface area contributed by atoms with Crippen LogP contribution in [0.1, 0.15) is 25.2 Å². The van der Waals surface area contributed by atoms with Crippen molar-refractivity contribution >= 4 is 23.9 Å². The van der Waals surface area contributed by atoms with Gasteiger partial charge in [-0.15, -0.1) is 0 Å². The van der Waals surface area contributed by atoms with Crippen molar-refractivity contribution in [2.75, 3.05) is 17.2 Å². The number of amides is 1.